The van der Waals surface area contributed by atoms with Gasteiger partial charge in [-0.25, -0.2) is 4.98 Å². The van der Waals surface area contributed by atoms with Gasteiger partial charge in [0.15, 0.2) is 11.6 Å². The van der Waals surface area contributed by atoms with Gasteiger partial charge in [-0.2, -0.15) is 18.4 Å². The van der Waals surface area contributed by atoms with Crippen molar-refractivity contribution in [2.75, 3.05) is 18.9 Å². The van der Waals surface area contributed by atoms with E-state index in [1.54, 1.807) is 38.2 Å². The molecule has 2 fully saturated rings. The van der Waals surface area contributed by atoms with Crippen molar-refractivity contribution in [3.05, 3.63) is 18.3 Å². The Morgan fingerprint density at radius 2 is 2.00 bits per heavy atom. The van der Waals surface area contributed by atoms with Crippen LogP contribution in [0.15, 0.2) is 18.3 Å². The predicted molar refractivity (Wildman–Crippen MR) is 138 cm³/mol. The Labute approximate surface area is 235 Å². The van der Waals surface area contributed by atoms with Gasteiger partial charge in [0.2, 0.25) is 17.4 Å². The number of hydrogen-bond acceptors (Lipinski definition) is 7. The van der Waals surface area contributed by atoms with Crippen LogP contribution in [0.5, 0.6) is 5.75 Å². The lowest BCUT2D eigenvalue weighted by Crippen LogP contribution is -2.58. The van der Waals surface area contributed by atoms with Gasteiger partial charge < -0.3 is 25.2 Å². The fourth-order valence-electron chi connectivity index (χ4n) is 5.24. The minimum atomic E-state index is -5.20. The van der Waals surface area contributed by atoms with Crippen molar-refractivity contribution < 1.29 is 37.1 Å². The van der Waals surface area contributed by atoms with Crippen LogP contribution < -0.4 is 15.4 Å². The number of nitrogens with zero attached hydrogens (tertiary/aromatic N) is 4. The maximum atomic E-state index is 14.0. The highest BCUT2D eigenvalue weighted by molar-refractivity contribution is 6.01. The third-order valence-electron chi connectivity index (χ3n) is 7.51. The molecule has 1 aromatic rings. The fourth-order valence-corrected chi connectivity index (χ4v) is 5.24. The van der Waals surface area contributed by atoms with Crippen LogP contribution in [-0.4, -0.2) is 81.9 Å². The van der Waals surface area contributed by atoms with Gasteiger partial charge in [0.25, 0.3) is 5.91 Å². The summed E-state index contributed by atoms with van der Waals surface area (Å²) in [6, 6.07) is 1.52. The fraction of sp³-hybridized carbons (Fsp3) is 0.630. The highest BCUT2D eigenvalue weighted by Crippen LogP contribution is 2.41. The number of alkyl halides is 3. The molecule has 2 aliphatic heterocycles. The van der Waals surface area contributed by atoms with Crippen LogP contribution in [0.3, 0.4) is 0 Å². The van der Waals surface area contributed by atoms with Crippen LogP contribution in [0, 0.1) is 22.7 Å². The molecule has 1 saturated carbocycles. The summed E-state index contributed by atoms with van der Waals surface area (Å²) in [5.74, 6) is -3.70. The first-order valence-corrected chi connectivity index (χ1v) is 13.3. The summed E-state index contributed by atoms with van der Waals surface area (Å²) in [6.45, 7) is 4.86. The second-order valence-corrected chi connectivity index (χ2v) is 12.1. The van der Waals surface area contributed by atoms with Gasteiger partial charge in [0, 0.05) is 19.7 Å². The number of likely N-dealkylation sites (tertiary alicyclic amines) is 1. The number of likely N-dealkylation sites (N-methyl/N-ethyl adjacent to an activating group) is 1. The molecule has 1 saturated heterocycles. The topological polar surface area (TPSA) is 145 Å². The Hall–Kier alpha value is -3.89. The van der Waals surface area contributed by atoms with Crippen molar-refractivity contribution in [2.24, 2.45) is 11.3 Å². The van der Waals surface area contributed by atoms with E-state index < -0.39 is 58.9 Å². The molecule has 4 amide bonds. The van der Waals surface area contributed by atoms with Gasteiger partial charge in [-0.3, -0.25) is 19.2 Å². The molecular formula is C27H33F3N6O5. The molecule has 1 aliphatic carbocycles. The molecule has 0 bridgehead atoms. The van der Waals surface area contributed by atoms with Gasteiger partial charge in [-0.1, -0.05) is 33.6 Å². The number of halogens is 3. The Morgan fingerprint density at radius 1 is 1.32 bits per heavy atom. The molecule has 2 N–H and O–H groups in total. The summed E-state index contributed by atoms with van der Waals surface area (Å²) < 4.78 is 45.2. The molecule has 41 heavy (non-hydrogen) atoms. The smallest absolute Gasteiger partial charge is 0.471 e. The molecular weight excluding hydrogens is 545 g/mol. The molecule has 4 atom stereocenters. The Kier molecular flexibility index (Phi) is 7.95. The van der Waals surface area contributed by atoms with Crippen molar-refractivity contribution >= 4 is 29.4 Å². The molecule has 3 aliphatic rings. The van der Waals surface area contributed by atoms with Crippen LogP contribution in [0.4, 0.5) is 19.0 Å². The number of carbonyl (C=O) groups excluding carboxylic acids is 4. The van der Waals surface area contributed by atoms with Gasteiger partial charge in [-0.05, 0) is 36.3 Å². The van der Waals surface area contributed by atoms with E-state index in [0.29, 0.717) is 0 Å². The molecule has 11 nitrogen and oxygen atoms in total. The van der Waals surface area contributed by atoms with Crippen molar-refractivity contribution in [1.29, 1.82) is 5.26 Å². The third kappa shape index (κ3) is 6.55. The number of nitrogens with one attached hydrogen (secondary N) is 2. The molecule has 0 aromatic carbocycles. The number of nitriles is 1. The number of anilines is 1. The lowest BCUT2D eigenvalue weighted by atomic mass is 9.87. The number of carbonyl (C=O) groups is 4. The molecule has 1 aromatic heterocycles. The number of amides is 4. The summed E-state index contributed by atoms with van der Waals surface area (Å²) in [5.41, 5.74) is -2.20. The molecule has 222 valence electrons. The largest absolute Gasteiger partial charge is 0.472 e. The zero-order valence-electron chi connectivity index (χ0n) is 23.2. The van der Waals surface area contributed by atoms with Crippen molar-refractivity contribution in [3.8, 4) is 11.8 Å². The summed E-state index contributed by atoms with van der Waals surface area (Å²) in [7, 11) is 1.31. The van der Waals surface area contributed by atoms with Crippen molar-refractivity contribution in [2.45, 2.75) is 82.8 Å². The van der Waals surface area contributed by atoms with E-state index in [9.17, 15) is 37.6 Å². The number of ether oxygens (including phenoxy) is 1. The zero-order valence-corrected chi connectivity index (χ0v) is 23.2. The van der Waals surface area contributed by atoms with Crippen molar-refractivity contribution in [1.82, 2.24) is 20.1 Å². The molecule has 4 rings (SSSR count). The SMILES string of the molecule is CN(C(=O)[C@H](CC(C)(C)C)NC(=O)C(F)(F)F)[C@@H](CC1CC1)C(=O)N1C[C@@]2(C[C@H]1C#N)Oc1cccnc1NC2=O. The predicted octanol–water partition coefficient (Wildman–Crippen LogP) is 2.39. The number of aromatic nitrogens is 1. The van der Waals surface area contributed by atoms with E-state index in [1.165, 1.54) is 18.1 Å². The van der Waals surface area contributed by atoms with Crippen molar-refractivity contribution in [3.63, 3.8) is 0 Å². The first-order valence-electron chi connectivity index (χ1n) is 13.3. The van der Waals surface area contributed by atoms with Gasteiger partial charge in [0.1, 0.15) is 18.1 Å². The Balaban J connectivity index is 1.60. The normalized spacial score (nSPS) is 23.5. The van der Waals surface area contributed by atoms with E-state index in [-0.39, 0.29) is 43.3 Å². The highest BCUT2D eigenvalue weighted by atomic mass is 19.4. The average molecular weight is 579 g/mol. The van der Waals surface area contributed by atoms with Crippen LogP contribution in [0.2, 0.25) is 0 Å². The second kappa shape index (κ2) is 10.8. The monoisotopic (exact) mass is 578 g/mol. The number of pyridine rings is 1. The maximum Gasteiger partial charge on any atom is 0.471 e. The van der Waals surface area contributed by atoms with Crippen LogP contribution >= 0.6 is 0 Å². The number of fused-ring (bicyclic) bond motifs is 1. The summed E-state index contributed by atoms with van der Waals surface area (Å²) in [5, 5.41) is 14.4. The first kappa shape index (κ1) is 30.1. The lowest BCUT2D eigenvalue weighted by molar-refractivity contribution is -0.175. The molecule has 1 spiro atoms. The second-order valence-electron chi connectivity index (χ2n) is 12.1. The summed E-state index contributed by atoms with van der Waals surface area (Å²) in [4.78, 5) is 58.8. The third-order valence-corrected chi connectivity index (χ3v) is 7.51. The lowest BCUT2D eigenvalue weighted by Gasteiger charge is -2.36. The number of hydrogen-bond donors (Lipinski definition) is 2. The summed E-state index contributed by atoms with van der Waals surface area (Å²) in [6.07, 6.45) is -2.13. The Morgan fingerprint density at radius 3 is 2.59 bits per heavy atom. The number of rotatable bonds is 7. The van der Waals surface area contributed by atoms with E-state index in [4.69, 9.17) is 4.74 Å². The zero-order chi connectivity index (χ0) is 30.3. The van der Waals surface area contributed by atoms with E-state index in [0.717, 1.165) is 17.7 Å². The van der Waals surface area contributed by atoms with Gasteiger partial charge >= 0.3 is 12.1 Å². The Bertz CT molecular complexity index is 1270. The minimum absolute atomic E-state index is 0.106. The van der Waals surface area contributed by atoms with Crippen LogP contribution in [-0.2, 0) is 19.2 Å². The van der Waals surface area contributed by atoms with E-state index >= 15 is 0 Å². The minimum Gasteiger partial charge on any atom is -0.472 e. The first-order chi connectivity index (χ1) is 19.0. The van der Waals surface area contributed by atoms with Gasteiger partial charge in [-0.15, -0.1) is 0 Å². The molecule has 0 unspecified atom stereocenters. The molecule has 3 heterocycles. The van der Waals surface area contributed by atoms with E-state index in [1.807, 2.05) is 6.07 Å². The van der Waals surface area contributed by atoms with E-state index in [2.05, 4.69) is 10.3 Å². The van der Waals surface area contributed by atoms with Gasteiger partial charge in [0.05, 0.1) is 12.6 Å². The van der Waals surface area contributed by atoms with Crippen LogP contribution in [0.1, 0.15) is 52.9 Å². The maximum absolute atomic E-state index is 14.0. The highest BCUT2D eigenvalue weighted by Gasteiger charge is 2.57. The summed E-state index contributed by atoms with van der Waals surface area (Å²) >= 11 is 0. The average Bonchev–Trinajstić information content (AvgIpc) is 3.63. The quantitative estimate of drug-likeness (QED) is 0.506. The standard InChI is InChI=1S/C27H33F3N6O5/c1-25(2,3)12-17(33-24(40)27(28,29)30)21(37)35(4)18(10-15-7-8-15)22(38)36-14-26(11-16(36)13-31)23(39)34-20-19(41-26)6-5-9-32-20/h5-6,9,15-18H,7-8,10-12,14H2,1-4H3,(H,33,40)(H,32,34,39)/t16-,17-,18-,26+/m0/s1. The molecule has 14 heteroatoms. The molecule has 0 radical (unpaired) electrons. The van der Waals surface area contributed by atoms with Crippen LogP contribution in [0.25, 0.3) is 0 Å².